The highest BCUT2D eigenvalue weighted by Crippen LogP contribution is 2.14. The molecule has 1 saturated heterocycles. The van der Waals surface area contributed by atoms with Crippen molar-refractivity contribution < 1.29 is 17.5 Å². The van der Waals surface area contributed by atoms with E-state index in [0.29, 0.717) is 13.3 Å². The lowest BCUT2D eigenvalue weighted by Crippen LogP contribution is -2.51. The second kappa shape index (κ2) is 6.81. The summed E-state index contributed by atoms with van der Waals surface area (Å²) in [6.07, 6.45) is 2.35. The van der Waals surface area contributed by atoms with Gasteiger partial charge in [-0.15, -0.1) is 0 Å². The van der Waals surface area contributed by atoms with Gasteiger partial charge in [0.1, 0.15) is 5.82 Å². The number of nitrogens with zero attached hydrogens (tertiary/aromatic N) is 2. The second-order valence-corrected chi connectivity index (χ2v) is 7.21. The van der Waals surface area contributed by atoms with Crippen LogP contribution in [0.5, 0.6) is 0 Å². The van der Waals surface area contributed by atoms with Crippen molar-refractivity contribution in [3.05, 3.63) is 30.1 Å². The van der Waals surface area contributed by atoms with Crippen LogP contribution in [0.1, 0.15) is 12.8 Å². The fourth-order valence-electron chi connectivity index (χ4n) is 2.53. The summed E-state index contributed by atoms with van der Waals surface area (Å²) in [5.41, 5.74) is 0. The molecule has 2 aliphatic heterocycles. The molecular weight excluding hydrogens is 323 g/mol. The molecule has 23 heavy (non-hydrogen) atoms. The molecule has 2 N–H and O–H groups in total. The Morgan fingerprint density at radius 2 is 2.17 bits per heavy atom. The number of nitrogens with one attached hydrogen (secondary N) is 2. The van der Waals surface area contributed by atoms with E-state index in [2.05, 4.69) is 15.0 Å². The smallest absolute Gasteiger partial charge is 0.264 e. The minimum atomic E-state index is -3.77. The minimum Gasteiger partial charge on any atom is -0.377 e. The predicted molar refractivity (Wildman–Crippen MR) is 82.7 cm³/mol. The molecule has 1 fully saturated rings. The Morgan fingerprint density at radius 1 is 1.39 bits per heavy atom. The fourth-order valence-corrected chi connectivity index (χ4v) is 3.53. The van der Waals surface area contributed by atoms with Crippen molar-refractivity contribution >= 4 is 16.0 Å². The fraction of sp³-hybridized carbons (Fsp3) is 0.500. The van der Waals surface area contributed by atoms with E-state index in [1.807, 2.05) is 4.90 Å². The summed E-state index contributed by atoms with van der Waals surface area (Å²) in [6.45, 7) is 2.46. The average Bonchev–Trinajstić information content (AvgIpc) is 3.02. The number of ether oxygens (including phenoxy) is 1. The van der Waals surface area contributed by atoms with E-state index in [4.69, 9.17) is 4.74 Å². The molecule has 0 aliphatic carbocycles. The van der Waals surface area contributed by atoms with E-state index in [9.17, 15) is 12.8 Å². The van der Waals surface area contributed by atoms with Crippen molar-refractivity contribution in [1.29, 1.82) is 0 Å². The zero-order valence-electron chi connectivity index (χ0n) is 12.5. The van der Waals surface area contributed by atoms with E-state index >= 15 is 0 Å². The molecule has 1 atom stereocenters. The van der Waals surface area contributed by atoms with E-state index in [0.717, 1.165) is 38.1 Å². The maximum Gasteiger partial charge on any atom is 0.264 e. The lowest BCUT2D eigenvalue weighted by atomic mass is 10.2. The van der Waals surface area contributed by atoms with Crippen LogP contribution in [0, 0.1) is 5.82 Å². The summed E-state index contributed by atoms with van der Waals surface area (Å²) >= 11 is 0. The second-order valence-electron chi connectivity index (χ2n) is 5.53. The highest BCUT2D eigenvalue weighted by Gasteiger charge is 2.23. The van der Waals surface area contributed by atoms with Gasteiger partial charge in [0.25, 0.3) is 10.0 Å². The summed E-state index contributed by atoms with van der Waals surface area (Å²) in [5, 5.41) is 2.94. The average molecular weight is 342 g/mol. The van der Waals surface area contributed by atoms with Crippen LogP contribution in [0.4, 0.5) is 4.39 Å². The molecule has 1 unspecified atom stereocenters. The van der Waals surface area contributed by atoms with Gasteiger partial charge in [-0.25, -0.2) is 22.5 Å². The van der Waals surface area contributed by atoms with Gasteiger partial charge in [0, 0.05) is 13.2 Å². The molecule has 0 spiro atoms. The van der Waals surface area contributed by atoms with Crippen LogP contribution in [-0.2, 0) is 14.8 Å². The number of rotatable bonds is 4. The number of halogens is 1. The first kappa shape index (κ1) is 16.2. The molecule has 2 heterocycles. The summed E-state index contributed by atoms with van der Waals surface area (Å²) in [7, 11) is -3.77. The molecule has 2 aliphatic rings. The van der Waals surface area contributed by atoms with Gasteiger partial charge in [-0.05, 0) is 37.1 Å². The summed E-state index contributed by atoms with van der Waals surface area (Å²) < 4.78 is 45.2. The highest BCUT2D eigenvalue weighted by atomic mass is 32.2. The standard InChI is InChI=1S/C14H19FN4O3S/c15-11-3-5-13(6-4-11)23(20,21)18-14-16-9-19(10-17-14)8-12-2-1-7-22-12/h3-6,12H,1-2,7-10H2,(H2,16,17,18). The van der Waals surface area contributed by atoms with Crippen molar-refractivity contribution in [3.8, 4) is 0 Å². The van der Waals surface area contributed by atoms with E-state index in [1.54, 1.807) is 0 Å². The molecule has 0 aromatic heterocycles. The maximum atomic E-state index is 12.9. The Kier molecular flexibility index (Phi) is 4.79. The van der Waals surface area contributed by atoms with E-state index < -0.39 is 15.8 Å². The zero-order chi connectivity index (χ0) is 16.3. The van der Waals surface area contributed by atoms with Gasteiger partial charge in [0.15, 0.2) is 0 Å². The van der Waals surface area contributed by atoms with Crippen LogP contribution in [-0.4, -0.2) is 51.9 Å². The monoisotopic (exact) mass is 342 g/mol. The largest absolute Gasteiger partial charge is 0.377 e. The first-order valence-electron chi connectivity index (χ1n) is 7.43. The summed E-state index contributed by atoms with van der Waals surface area (Å²) in [5.74, 6) is -0.292. The number of sulfonamides is 1. The molecule has 0 amide bonds. The lowest BCUT2D eigenvalue weighted by Gasteiger charge is -2.28. The first-order valence-corrected chi connectivity index (χ1v) is 8.92. The van der Waals surface area contributed by atoms with Crippen molar-refractivity contribution in [3.63, 3.8) is 0 Å². The first-order chi connectivity index (χ1) is 11.0. The SMILES string of the molecule is O=S(=O)(NC1=NCN(CC2CCCO2)CN1)c1ccc(F)cc1. The van der Waals surface area contributed by atoms with Crippen LogP contribution in [0.3, 0.4) is 0 Å². The molecule has 1 aromatic rings. The molecule has 0 saturated carbocycles. The van der Waals surface area contributed by atoms with Gasteiger partial charge < -0.3 is 10.1 Å². The Labute approximate surface area is 134 Å². The van der Waals surface area contributed by atoms with Crippen molar-refractivity contribution in [2.75, 3.05) is 26.5 Å². The third kappa shape index (κ3) is 4.18. The quantitative estimate of drug-likeness (QED) is 0.831. The maximum absolute atomic E-state index is 12.9. The van der Waals surface area contributed by atoms with Gasteiger partial charge in [-0.2, -0.15) is 0 Å². The molecular formula is C14H19FN4O3S. The summed E-state index contributed by atoms with van der Waals surface area (Å²) in [6, 6.07) is 4.64. The number of aliphatic imine (C=N–C) groups is 1. The van der Waals surface area contributed by atoms with E-state index in [1.165, 1.54) is 12.1 Å². The molecule has 0 bridgehead atoms. The number of hydrogen-bond donors (Lipinski definition) is 2. The molecule has 3 rings (SSSR count). The predicted octanol–water partition coefficient (Wildman–Crippen LogP) is 0.459. The van der Waals surface area contributed by atoms with Crippen molar-refractivity contribution in [2.45, 2.75) is 23.8 Å². The van der Waals surface area contributed by atoms with Crippen LogP contribution >= 0.6 is 0 Å². The van der Waals surface area contributed by atoms with Gasteiger partial charge in [-0.1, -0.05) is 0 Å². The Balaban J connectivity index is 1.58. The van der Waals surface area contributed by atoms with Crippen LogP contribution in [0.25, 0.3) is 0 Å². The topological polar surface area (TPSA) is 83.0 Å². The zero-order valence-corrected chi connectivity index (χ0v) is 13.4. The van der Waals surface area contributed by atoms with Gasteiger partial charge in [0.2, 0.25) is 5.96 Å². The molecule has 7 nitrogen and oxygen atoms in total. The Hall–Kier alpha value is -1.71. The van der Waals surface area contributed by atoms with Gasteiger partial charge >= 0.3 is 0 Å². The molecule has 1 aromatic carbocycles. The summed E-state index contributed by atoms with van der Waals surface area (Å²) in [4.78, 5) is 6.23. The molecule has 9 heteroatoms. The normalized spacial score (nSPS) is 22.5. The third-order valence-electron chi connectivity index (χ3n) is 3.74. The van der Waals surface area contributed by atoms with Crippen molar-refractivity contribution in [1.82, 2.24) is 14.9 Å². The van der Waals surface area contributed by atoms with Crippen LogP contribution in [0.15, 0.2) is 34.2 Å². The van der Waals surface area contributed by atoms with Gasteiger partial charge in [0.05, 0.1) is 24.3 Å². The number of guanidine groups is 1. The third-order valence-corrected chi connectivity index (χ3v) is 5.09. The van der Waals surface area contributed by atoms with E-state index in [-0.39, 0.29) is 17.0 Å². The Bertz CT molecular complexity index is 672. The van der Waals surface area contributed by atoms with Crippen LogP contribution in [0.2, 0.25) is 0 Å². The van der Waals surface area contributed by atoms with Crippen LogP contribution < -0.4 is 10.0 Å². The Morgan fingerprint density at radius 3 is 2.78 bits per heavy atom. The molecule has 0 radical (unpaired) electrons. The number of hydrogen-bond acceptors (Lipinski definition) is 6. The van der Waals surface area contributed by atoms with Crippen molar-refractivity contribution in [2.24, 2.45) is 4.99 Å². The highest BCUT2D eigenvalue weighted by molar-refractivity contribution is 7.90. The van der Waals surface area contributed by atoms with Gasteiger partial charge in [-0.3, -0.25) is 4.90 Å². The lowest BCUT2D eigenvalue weighted by molar-refractivity contribution is 0.0714. The number of benzene rings is 1. The minimum absolute atomic E-state index is 0.00909. The molecule has 126 valence electrons.